The molecule has 8 heteroatoms. The molecule has 0 bridgehead atoms. The number of nitrogens with two attached hydrogens (primary N) is 1. The van der Waals surface area contributed by atoms with Gasteiger partial charge in [-0.15, -0.1) is 0 Å². The van der Waals surface area contributed by atoms with Gasteiger partial charge in [0.2, 0.25) is 5.95 Å². The van der Waals surface area contributed by atoms with Crippen molar-refractivity contribution in [2.75, 3.05) is 36.9 Å². The summed E-state index contributed by atoms with van der Waals surface area (Å²) in [6, 6.07) is 0. The summed E-state index contributed by atoms with van der Waals surface area (Å²) in [5.74, 6) is 1.10. The van der Waals surface area contributed by atoms with Crippen LogP contribution in [0.3, 0.4) is 0 Å². The number of aromatic nitrogens is 4. The molecule has 0 aromatic carbocycles. The molecule has 4 rings (SSSR count). The summed E-state index contributed by atoms with van der Waals surface area (Å²) in [7, 11) is 1.86. The Morgan fingerprint density at radius 1 is 1.39 bits per heavy atom. The van der Waals surface area contributed by atoms with Gasteiger partial charge in [0, 0.05) is 20.2 Å². The summed E-state index contributed by atoms with van der Waals surface area (Å²) in [4.78, 5) is 11.3. The maximum absolute atomic E-state index is 6.22. The molecule has 2 aliphatic heterocycles. The number of nitrogen functional groups attached to an aromatic ring is 1. The van der Waals surface area contributed by atoms with Gasteiger partial charge in [0.05, 0.1) is 30.8 Å². The van der Waals surface area contributed by atoms with E-state index in [-0.39, 0.29) is 11.7 Å². The van der Waals surface area contributed by atoms with Crippen molar-refractivity contribution in [3.8, 4) is 0 Å². The Hall–Kier alpha value is -1.93. The molecular formula is C15H22N6O2. The monoisotopic (exact) mass is 318 g/mol. The standard InChI is InChI=1S/C15H22N6O2/c1-10-7-21(8-15(23-10)4-3-5-22-9-15)14-18-12(16)11-6-17-20(2)13(11)19-14/h6,10H,3-5,7-9H2,1-2H3,(H2,16,18,19)/t10-,15-/m0/s1. The van der Waals surface area contributed by atoms with Gasteiger partial charge >= 0.3 is 0 Å². The first-order valence-corrected chi connectivity index (χ1v) is 8.02. The Labute approximate surface area is 134 Å². The lowest BCUT2D eigenvalue weighted by Crippen LogP contribution is -2.59. The minimum Gasteiger partial charge on any atom is -0.383 e. The number of morpholine rings is 1. The highest BCUT2D eigenvalue weighted by Crippen LogP contribution is 2.32. The van der Waals surface area contributed by atoms with Crippen LogP contribution in [0, 0.1) is 0 Å². The Kier molecular flexibility index (Phi) is 3.38. The van der Waals surface area contributed by atoms with E-state index in [1.54, 1.807) is 10.9 Å². The smallest absolute Gasteiger partial charge is 0.229 e. The lowest BCUT2D eigenvalue weighted by atomic mass is 9.93. The first kappa shape index (κ1) is 14.6. The van der Waals surface area contributed by atoms with Crippen molar-refractivity contribution in [1.82, 2.24) is 19.7 Å². The molecule has 0 aliphatic carbocycles. The number of hydrogen-bond acceptors (Lipinski definition) is 7. The van der Waals surface area contributed by atoms with Crippen molar-refractivity contribution < 1.29 is 9.47 Å². The maximum atomic E-state index is 6.22. The van der Waals surface area contributed by atoms with Crippen LogP contribution in [0.5, 0.6) is 0 Å². The number of fused-ring (bicyclic) bond motifs is 1. The quantitative estimate of drug-likeness (QED) is 0.828. The lowest BCUT2D eigenvalue weighted by Gasteiger charge is -2.47. The summed E-state index contributed by atoms with van der Waals surface area (Å²) in [5, 5.41) is 5.00. The van der Waals surface area contributed by atoms with Gasteiger partial charge in [-0.05, 0) is 19.8 Å². The van der Waals surface area contributed by atoms with Crippen LogP contribution in [0.4, 0.5) is 11.8 Å². The van der Waals surface area contributed by atoms with E-state index >= 15 is 0 Å². The predicted octanol–water partition coefficient (Wildman–Crippen LogP) is 0.720. The van der Waals surface area contributed by atoms with Crippen molar-refractivity contribution in [3.05, 3.63) is 6.20 Å². The van der Waals surface area contributed by atoms with E-state index in [4.69, 9.17) is 15.2 Å². The number of rotatable bonds is 1. The van der Waals surface area contributed by atoms with E-state index < -0.39 is 0 Å². The van der Waals surface area contributed by atoms with Crippen LogP contribution < -0.4 is 10.6 Å². The second-order valence-corrected chi connectivity index (χ2v) is 6.56. The zero-order valence-corrected chi connectivity index (χ0v) is 13.5. The molecule has 0 unspecified atom stereocenters. The second-order valence-electron chi connectivity index (χ2n) is 6.56. The minimum absolute atomic E-state index is 0.0949. The SMILES string of the molecule is C[C@H]1CN(c2nc(N)c3cnn(C)c3n2)C[C@]2(CCCOC2)O1. The van der Waals surface area contributed by atoms with E-state index in [0.717, 1.165) is 43.6 Å². The molecule has 2 aliphatic rings. The zero-order chi connectivity index (χ0) is 16.0. The lowest BCUT2D eigenvalue weighted by molar-refractivity contribution is -0.160. The molecule has 1 spiro atoms. The van der Waals surface area contributed by atoms with E-state index in [9.17, 15) is 0 Å². The molecule has 8 nitrogen and oxygen atoms in total. The van der Waals surface area contributed by atoms with Crippen molar-refractivity contribution in [2.24, 2.45) is 7.05 Å². The fourth-order valence-corrected chi connectivity index (χ4v) is 3.59. The van der Waals surface area contributed by atoms with E-state index in [2.05, 4.69) is 26.9 Å². The minimum atomic E-state index is -0.268. The van der Waals surface area contributed by atoms with Crippen LogP contribution in [0.15, 0.2) is 6.20 Å². The Bertz CT molecular complexity index is 724. The summed E-state index contributed by atoms with van der Waals surface area (Å²) in [5.41, 5.74) is 6.58. The van der Waals surface area contributed by atoms with Gasteiger partial charge in [-0.2, -0.15) is 15.1 Å². The van der Waals surface area contributed by atoms with Gasteiger partial charge in [0.1, 0.15) is 11.4 Å². The zero-order valence-electron chi connectivity index (χ0n) is 13.5. The third-order valence-electron chi connectivity index (χ3n) is 4.59. The first-order chi connectivity index (χ1) is 11.1. The van der Waals surface area contributed by atoms with Crippen molar-refractivity contribution >= 4 is 22.8 Å². The maximum Gasteiger partial charge on any atom is 0.229 e. The number of nitrogens with zero attached hydrogens (tertiary/aromatic N) is 5. The molecule has 124 valence electrons. The number of anilines is 2. The first-order valence-electron chi connectivity index (χ1n) is 8.02. The van der Waals surface area contributed by atoms with Gasteiger partial charge < -0.3 is 20.1 Å². The van der Waals surface area contributed by atoms with Gasteiger partial charge in [-0.1, -0.05) is 0 Å². The average molecular weight is 318 g/mol. The predicted molar refractivity (Wildman–Crippen MR) is 86.3 cm³/mol. The molecule has 0 saturated carbocycles. The highest BCUT2D eigenvalue weighted by Gasteiger charge is 2.42. The highest BCUT2D eigenvalue weighted by atomic mass is 16.6. The summed E-state index contributed by atoms with van der Waals surface area (Å²) in [6.07, 6.45) is 3.81. The van der Waals surface area contributed by atoms with Crippen LogP contribution in [0.25, 0.3) is 11.0 Å². The van der Waals surface area contributed by atoms with Crippen LogP contribution in [0.1, 0.15) is 19.8 Å². The van der Waals surface area contributed by atoms with Crippen molar-refractivity contribution in [3.63, 3.8) is 0 Å². The average Bonchev–Trinajstić information content (AvgIpc) is 2.89. The molecule has 4 heterocycles. The van der Waals surface area contributed by atoms with Crippen LogP contribution in [-0.4, -0.2) is 57.8 Å². The second kappa shape index (κ2) is 5.31. The Morgan fingerprint density at radius 3 is 3.04 bits per heavy atom. The molecule has 2 N–H and O–H groups in total. The summed E-state index contributed by atoms with van der Waals surface area (Å²) < 4.78 is 13.6. The molecular weight excluding hydrogens is 296 g/mol. The van der Waals surface area contributed by atoms with Crippen LogP contribution >= 0.6 is 0 Å². The fraction of sp³-hybridized carbons (Fsp3) is 0.667. The number of aryl methyl sites for hydroxylation is 1. The Morgan fingerprint density at radius 2 is 2.26 bits per heavy atom. The van der Waals surface area contributed by atoms with Crippen LogP contribution in [-0.2, 0) is 16.5 Å². The van der Waals surface area contributed by atoms with Gasteiger partial charge in [-0.3, -0.25) is 4.68 Å². The molecule has 0 radical (unpaired) electrons. The third kappa shape index (κ3) is 2.51. The largest absolute Gasteiger partial charge is 0.383 e. The molecule has 23 heavy (non-hydrogen) atoms. The summed E-state index contributed by atoms with van der Waals surface area (Å²) in [6.45, 7) is 4.97. The van der Waals surface area contributed by atoms with Crippen molar-refractivity contribution in [1.29, 1.82) is 0 Å². The van der Waals surface area contributed by atoms with Crippen LogP contribution in [0.2, 0.25) is 0 Å². The molecule has 0 amide bonds. The van der Waals surface area contributed by atoms with Crippen molar-refractivity contribution in [2.45, 2.75) is 31.5 Å². The molecule has 2 aromatic heterocycles. The topological polar surface area (TPSA) is 91.3 Å². The molecule has 2 saturated heterocycles. The molecule has 2 aromatic rings. The Balaban J connectivity index is 1.70. The van der Waals surface area contributed by atoms with E-state index in [0.29, 0.717) is 18.4 Å². The number of ether oxygens (including phenoxy) is 2. The highest BCUT2D eigenvalue weighted by molar-refractivity contribution is 5.86. The molecule has 2 atom stereocenters. The summed E-state index contributed by atoms with van der Waals surface area (Å²) >= 11 is 0. The van der Waals surface area contributed by atoms with Gasteiger partial charge in [-0.25, -0.2) is 0 Å². The van der Waals surface area contributed by atoms with Gasteiger partial charge in [0.15, 0.2) is 5.65 Å². The fourth-order valence-electron chi connectivity index (χ4n) is 3.59. The van der Waals surface area contributed by atoms with E-state index in [1.165, 1.54) is 0 Å². The normalized spacial score (nSPS) is 28.6. The van der Waals surface area contributed by atoms with E-state index in [1.807, 2.05) is 7.05 Å². The molecule has 2 fully saturated rings. The number of hydrogen-bond donors (Lipinski definition) is 1. The van der Waals surface area contributed by atoms with Gasteiger partial charge in [0.25, 0.3) is 0 Å². The third-order valence-corrected chi connectivity index (χ3v) is 4.59.